The van der Waals surface area contributed by atoms with E-state index in [-0.39, 0.29) is 17.9 Å². The monoisotopic (exact) mass is 432 g/mol. The summed E-state index contributed by atoms with van der Waals surface area (Å²) in [6.07, 6.45) is 0. The van der Waals surface area contributed by atoms with Crippen LogP contribution in [-0.4, -0.2) is 33.4 Å². The molecule has 3 aromatic rings. The second kappa shape index (κ2) is 7.79. The number of carbonyl (C=O) groups excluding carboxylic acids is 2. The van der Waals surface area contributed by atoms with Crippen LogP contribution in [0.4, 0.5) is 5.13 Å². The fourth-order valence-electron chi connectivity index (χ4n) is 2.88. The molecule has 0 fully saturated rings. The lowest BCUT2D eigenvalue weighted by Gasteiger charge is -2.16. The van der Waals surface area contributed by atoms with Gasteiger partial charge in [-0.3, -0.25) is 10.1 Å². The number of carbonyl (C=O) groups is 2. The van der Waals surface area contributed by atoms with Crippen molar-refractivity contribution in [3.05, 3.63) is 32.5 Å². The quantitative estimate of drug-likeness (QED) is 0.595. The van der Waals surface area contributed by atoms with Crippen molar-refractivity contribution < 1.29 is 14.3 Å². The standard InChI is InChI=1S/C20H24N4O3S2/c1-8-27-17(26)14-11(4)22-19(29-14)23-15(25)13-9(2)12-10(3)21-18(20(5,6)7)24-16(12)28-13/h8H2,1-7H3,(H,22,23,25). The summed E-state index contributed by atoms with van der Waals surface area (Å²) in [6.45, 7) is 13.8. The lowest BCUT2D eigenvalue weighted by molar-refractivity contribution is 0.0531. The van der Waals surface area contributed by atoms with Gasteiger partial charge >= 0.3 is 5.97 Å². The third-order valence-corrected chi connectivity index (χ3v) is 6.56. The highest BCUT2D eigenvalue weighted by Crippen LogP contribution is 2.34. The Hall–Kier alpha value is -2.39. The van der Waals surface area contributed by atoms with Crippen LogP contribution < -0.4 is 5.32 Å². The molecule has 3 heterocycles. The normalized spacial score (nSPS) is 11.7. The Morgan fingerprint density at radius 2 is 1.69 bits per heavy atom. The Bertz CT molecular complexity index is 1110. The van der Waals surface area contributed by atoms with Gasteiger partial charge in [0.25, 0.3) is 5.91 Å². The van der Waals surface area contributed by atoms with Crippen molar-refractivity contribution in [3.8, 4) is 0 Å². The van der Waals surface area contributed by atoms with Crippen LogP contribution in [0.1, 0.15) is 69.8 Å². The van der Waals surface area contributed by atoms with Crippen LogP contribution in [0.5, 0.6) is 0 Å². The molecule has 0 aromatic carbocycles. The Morgan fingerprint density at radius 3 is 2.31 bits per heavy atom. The van der Waals surface area contributed by atoms with E-state index >= 15 is 0 Å². The number of fused-ring (bicyclic) bond motifs is 1. The van der Waals surface area contributed by atoms with Crippen LogP contribution in [0, 0.1) is 20.8 Å². The predicted octanol–water partition coefficient (Wildman–Crippen LogP) is 4.80. The molecule has 0 aliphatic rings. The van der Waals surface area contributed by atoms with E-state index in [9.17, 15) is 9.59 Å². The molecule has 29 heavy (non-hydrogen) atoms. The Kier molecular flexibility index (Phi) is 5.73. The molecule has 0 aliphatic carbocycles. The third kappa shape index (κ3) is 4.16. The average Bonchev–Trinajstić information content (AvgIpc) is 3.14. The van der Waals surface area contributed by atoms with Gasteiger partial charge in [-0.15, -0.1) is 11.3 Å². The van der Waals surface area contributed by atoms with Gasteiger partial charge in [0, 0.05) is 10.8 Å². The molecule has 1 amide bonds. The summed E-state index contributed by atoms with van der Waals surface area (Å²) in [5.74, 6) is 0.0540. The largest absolute Gasteiger partial charge is 0.462 e. The second-order valence-electron chi connectivity index (χ2n) is 7.73. The molecule has 1 N–H and O–H groups in total. The minimum absolute atomic E-state index is 0.179. The summed E-state index contributed by atoms with van der Waals surface area (Å²) in [7, 11) is 0. The first-order valence-corrected chi connectivity index (χ1v) is 10.9. The zero-order valence-corrected chi connectivity index (χ0v) is 19.2. The Labute approximate surface area is 177 Å². The predicted molar refractivity (Wildman–Crippen MR) is 116 cm³/mol. The number of thiophene rings is 1. The molecule has 0 bridgehead atoms. The zero-order chi connectivity index (χ0) is 21.5. The molecule has 154 valence electrons. The van der Waals surface area contributed by atoms with Gasteiger partial charge in [-0.25, -0.2) is 19.7 Å². The number of rotatable bonds is 4. The summed E-state index contributed by atoms with van der Waals surface area (Å²) in [5.41, 5.74) is 2.07. The Morgan fingerprint density at radius 1 is 1.00 bits per heavy atom. The van der Waals surface area contributed by atoms with E-state index in [0.717, 1.165) is 38.6 Å². The van der Waals surface area contributed by atoms with Gasteiger partial charge in [0.2, 0.25) is 0 Å². The third-order valence-electron chi connectivity index (χ3n) is 4.33. The number of aromatic nitrogens is 3. The topological polar surface area (TPSA) is 94.1 Å². The van der Waals surface area contributed by atoms with Crippen molar-refractivity contribution in [2.24, 2.45) is 0 Å². The van der Waals surface area contributed by atoms with Crippen molar-refractivity contribution in [2.45, 2.75) is 53.9 Å². The maximum atomic E-state index is 12.9. The lowest BCUT2D eigenvalue weighted by atomic mass is 9.95. The van der Waals surface area contributed by atoms with E-state index in [1.54, 1.807) is 13.8 Å². The molecule has 0 spiro atoms. The van der Waals surface area contributed by atoms with E-state index in [1.165, 1.54) is 11.3 Å². The number of nitrogens with one attached hydrogen (secondary N) is 1. The summed E-state index contributed by atoms with van der Waals surface area (Å²) in [4.78, 5) is 40.3. The fraction of sp³-hybridized carbons (Fsp3) is 0.450. The van der Waals surface area contributed by atoms with Gasteiger partial charge in [0.1, 0.15) is 15.5 Å². The molecule has 0 saturated carbocycles. The average molecular weight is 433 g/mol. The molecule has 0 unspecified atom stereocenters. The van der Waals surface area contributed by atoms with Crippen LogP contribution in [0.25, 0.3) is 10.2 Å². The first-order chi connectivity index (χ1) is 13.5. The highest BCUT2D eigenvalue weighted by molar-refractivity contribution is 7.21. The summed E-state index contributed by atoms with van der Waals surface area (Å²) >= 11 is 2.45. The van der Waals surface area contributed by atoms with Crippen LogP contribution in [0.15, 0.2) is 0 Å². The lowest BCUT2D eigenvalue weighted by Crippen LogP contribution is -2.16. The first-order valence-electron chi connectivity index (χ1n) is 9.27. The van der Waals surface area contributed by atoms with E-state index in [1.807, 2.05) is 13.8 Å². The van der Waals surface area contributed by atoms with Crippen LogP contribution in [0.3, 0.4) is 0 Å². The number of amides is 1. The number of aryl methyl sites for hydroxylation is 3. The molecule has 3 aromatic heterocycles. The minimum atomic E-state index is -0.429. The number of anilines is 1. The van der Waals surface area contributed by atoms with E-state index in [4.69, 9.17) is 9.72 Å². The van der Waals surface area contributed by atoms with Gasteiger partial charge in [-0.1, -0.05) is 32.1 Å². The van der Waals surface area contributed by atoms with Crippen molar-refractivity contribution in [1.82, 2.24) is 15.0 Å². The van der Waals surface area contributed by atoms with Gasteiger partial charge in [-0.05, 0) is 33.3 Å². The maximum absolute atomic E-state index is 12.9. The van der Waals surface area contributed by atoms with Gasteiger partial charge in [0.15, 0.2) is 5.13 Å². The molecule has 0 aliphatic heterocycles. The highest BCUT2D eigenvalue weighted by atomic mass is 32.1. The molecular formula is C20H24N4O3S2. The van der Waals surface area contributed by atoms with Crippen molar-refractivity contribution in [1.29, 1.82) is 0 Å². The molecule has 0 atom stereocenters. The first kappa shape index (κ1) is 21.3. The van der Waals surface area contributed by atoms with Gasteiger partial charge in [0.05, 0.1) is 22.9 Å². The van der Waals surface area contributed by atoms with E-state index in [0.29, 0.717) is 20.6 Å². The molecular weight excluding hydrogens is 408 g/mol. The molecule has 0 saturated heterocycles. The minimum Gasteiger partial charge on any atom is -0.462 e. The van der Waals surface area contributed by atoms with Gasteiger partial charge < -0.3 is 4.74 Å². The van der Waals surface area contributed by atoms with E-state index < -0.39 is 5.97 Å². The molecule has 7 nitrogen and oxygen atoms in total. The smallest absolute Gasteiger partial charge is 0.350 e. The summed E-state index contributed by atoms with van der Waals surface area (Å²) in [6, 6.07) is 0. The second-order valence-corrected chi connectivity index (χ2v) is 9.73. The number of nitrogens with zero attached hydrogens (tertiary/aromatic N) is 3. The van der Waals surface area contributed by atoms with Crippen molar-refractivity contribution in [3.63, 3.8) is 0 Å². The van der Waals surface area contributed by atoms with Crippen LogP contribution in [0.2, 0.25) is 0 Å². The maximum Gasteiger partial charge on any atom is 0.350 e. The van der Waals surface area contributed by atoms with Crippen LogP contribution >= 0.6 is 22.7 Å². The molecule has 0 radical (unpaired) electrons. The SMILES string of the molecule is CCOC(=O)c1sc(NC(=O)c2sc3nc(C(C)(C)C)nc(C)c3c2C)nc1C. The van der Waals surface area contributed by atoms with Crippen molar-refractivity contribution in [2.75, 3.05) is 11.9 Å². The molecule has 3 rings (SSSR count). The number of thiazole rings is 1. The van der Waals surface area contributed by atoms with Gasteiger partial charge in [-0.2, -0.15) is 0 Å². The van der Waals surface area contributed by atoms with E-state index in [2.05, 4.69) is 36.1 Å². The fourth-order valence-corrected chi connectivity index (χ4v) is 4.86. The number of hydrogen-bond donors (Lipinski definition) is 1. The highest BCUT2D eigenvalue weighted by Gasteiger charge is 2.24. The van der Waals surface area contributed by atoms with Crippen molar-refractivity contribution >= 4 is 49.9 Å². The number of esters is 1. The molecule has 9 heteroatoms. The number of ether oxygens (including phenoxy) is 1. The summed E-state index contributed by atoms with van der Waals surface area (Å²) < 4.78 is 5.03. The number of hydrogen-bond acceptors (Lipinski definition) is 8. The zero-order valence-electron chi connectivity index (χ0n) is 17.6. The Balaban J connectivity index is 1.94. The van der Waals surface area contributed by atoms with Crippen LogP contribution in [-0.2, 0) is 10.2 Å². The summed E-state index contributed by atoms with van der Waals surface area (Å²) in [5, 5.41) is 4.08.